The molecular weight excluding hydrogens is 268 g/mol. The van der Waals surface area contributed by atoms with Crippen LogP contribution in [0.1, 0.15) is 24.8 Å². The fourth-order valence-electron chi connectivity index (χ4n) is 2.40. The number of nitrogens with zero attached hydrogens (tertiary/aromatic N) is 1. The van der Waals surface area contributed by atoms with E-state index >= 15 is 0 Å². The van der Waals surface area contributed by atoms with Crippen molar-refractivity contribution in [3.63, 3.8) is 0 Å². The highest BCUT2D eigenvalue weighted by molar-refractivity contribution is 5.77. The number of carbonyl (C=O) groups excluding carboxylic acids is 1. The van der Waals surface area contributed by atoms with Crippen LogP contribution >= 0.6 is 0 Å². The summed E-state index contributed by atoms with van der Waals surface area (Å²) >= 11 is 0. The summed E-state index contributed by atoms with van der Waals surface area (Å²) in [7, 11) is 3.24. The average Bonchev–Trinajstić information content (AvgIpc) is 3.35. The van der Waals surface area contributed by atoms with Crippen LogP contribution in [0, 0.1) is 0 Å². The van der Waals surface area contributed by atoms with E-state index in [9.17, 15) is 4.79 Å². The van der Waals surface area contributed by atoms with Crippen molar-refractivity contribution in [2.75, 3.05) is 20.8 Å². The molecule has 1 fully saturated rings. The van der Waals surface area contributed by atoms with Gasteiger partial charge in [0.05, 0.1) is 19.6 Å². The van der Waals surface area contributed by atoms with Crippen molar-refractivity contribution >= 4 is 5.91 Å². The van der Waals surface area contributed by atoms with E-state index in [1.54, 1.807) is 14.2 Å². The van der Waals surface area contributed by atoms with Gasteiger partial charge in [0.2, 0.25) is 5.91 Å². The van der Waals surface area contributed by atoms with Gasteiger partial charge in [-0.1, -0.05) is 18.2 Å². The normalized spacial score (nSPS) is 15.6. The molecule has 1 atom stereocenters. The van der Waals surface area contributed by atoms with Gasteiger partial charge < -0.3 is 20.1 Å². The van der Waals surface area contributed by atoms with Gasteiger partial charge in [-0.05, 0) is 18.9 Å². The lowest BCUT2D eigenvalue weighted by Gasteiger charge is -2.25. The van der Waals surface area contributed by atoms with Gasteiger partial charge in [0.1, 0.15) is 5.75 Å². The Morgan fingerprint density at radius 1 is 1.38 bits per heavy atom. The minimum atomic E-state index is -0.212. The molecule has 2 N–H and O–H groups in total. The predicted octanol–water partition coefficient (Wildman–Crippen LogP) is 1.55. The Hall–Kier alpha value is -1.59. The van der Waals surface area contributed by atoms with E-state index in [1.807, 2.05) is 29.2 Å². The van der Waals surface area contributed by atoms with Crippen molar-refractivity contribution in [3.05, 3.63) is 29.8 Å². The maximum atomic E-state index is 12.5. The molecule has 1 unspecified atom stereocenters. The lowest BCUT2D eigenvalue weighted by atomic mass is 10.1. The van der Waals surface area contributed by atoms with Gasteiger partial charge in [-0.3, -0.25) is 4.79 Å². The Bertz CT molecular complexity index is 470. The van der Waals surface area contributed by atoms with Crippen LogP contribution in [0.15, 0.2) is 24.3 Å². The van der Waals surface area contributed by atoms with E-state index in [0.717, 1.165) is 24.2 Å². The van der Waals surface area contributed by atoms with Crippen LogP contribution in [-0.2, 0) is 16.1 Å². The number of nitrogens with two attached hydrogens (primary N) is 1. The van der Waals surface area contributed by atoms with Crippen LogP contribution in [0.2, 0.25) is 0 Å². The maximum Gasteiger partial charge on any atom is 0.225 e. The molecule has 5 heteroatoms. The second-order valence-corrected chi connectivity index (χ2v) is 5.36. The van der Waals surface area contributed by atoms with Gasteiger partial charge in [0.15, 0.2) is 0 Å². The molecule has 2 rings (SSSR count). The van der Waals surface area contributed by atoms with E-state index in [0.29, 0.717) is 25.6 Å². The molecular formula is C16H24N2O3. The monoisotopic (exact) mass is 292 g/mol. The second kappa shape index (κ2) is 7.43. The fourth-order valence-corrected chi connectivity index (χ4v) is 2.40. The summed E-state index contributed by atoms with van der Waals surface area (Å²) in [4.78, 5) is 14.4. The van der Waals surface area contributed by atoms with Crippen molar-refractivity contribution in [2.24, 2.45) is 5.73 Å². The molecule has 0 aromatic heterocycles. The average molecular weight is 292 g/mol. The first kappa shape index (κ1) is 15.8. The first-order valence-electron chi connectivity index (χ1n) is 7.33. The zero-order valence-corrected chi connectivity index (χ0v) is 12.7. The van der Waals surface area contributed by atoms with Gasteiger partial charge in [0.25, 0.3) is 0 Å². The van der Waals surface area contributed by atoms with Crippen molar-refractivity contribution in [1.82, 2.24) is 4.90 Å². The molecule has 0 spiro atoms. The SMILES string of the molecule is COc1ccccc1CN(C(=O)CC(CN)OC)C1CC1. The molecule has 5 nitrogen and oxygen atoms in total. The molecule has 0 bridgehead atoms. The van der Waals surface area contributed by atoms with Crippen LogP contribution in [0.3, 0.4) is 0 Å². The lowest BCUT2D eigenvalue weighted by molar-refractivity contribution is -0.134. The molecule has 0 radical (unpaired) electrons. The molecule has 0 heterocycles. The van der Waals surface area contributed by atoms with Gasteiger partial charge in [-0.25, -0.2) is 0 Å². The summed E-state index contributed by atoms with van der Waals surface area (Å²) in [6, 6.07) is 8.16. The number of hydrogen-bond donors (Lipinski definition) is 1. The first-order chi connectivity index (χ1) is 10.2. The third-order valence-electron chi connectivity index (χ3n) is 3.84. The molecule has 1 aliphatic carbocycles. The number of amides is 1. The Balaban J connectivity index is 2.07. The Labute approximate surface area is 126 Å². The predicted molar refractivity (Wildman–Crippen MR) is 81.0 cm³/mol. The maximum absolute atomic E-state index is 12.5. The van der Waals surface area contributed by atoms with Gasteiger partial charge >= 0.3 is 0 Å². The van der Waals surface area contributed by atoms with Gasteiger partial charge in [0, 0.05) is 31.8 Å². The zero-order chi connectivity index (χ0) is 15.2. The molecule has 0 aliphatic heterocycles. The zero-order valence-electron chi connectivity index (χ0n) is 12.7. The van der Waals surface area contributed by atoms with Crippen LogP contribution in [0.5, 0.6) is 5.75 Å². The fraction of sp³-hybridized carbons (Fsp3) is 0.562. The standard InChI is InChI=1S/C16H24N2O3/c1-20-14(10-17)9-16(19)18(13-7-8-13)11-12-5-3-4-6-15(12)21-2/h3-6,13-14H,7-11,17H2,1-2H3. The molecule has 1 aromatic carbocycles. The summed E-state index contributed by atoms with van der Waals surface area (Å²) in [5, 5.41) is 0. The lowest BCUT2D eigenvalue weighted by Crippen LogP contribution is -2.37. The number of carbonyl (C=O) groups is 1. The number of rotatable bonds is 8. The van der Waals surface area contributed by atoms with Crippen LogP contribution in [0.4, 0.5) is 0 Å². The Morgan fingerprint density at radius 2 is 2.10 bits per heavy atom. The molecule has 116 valence electrons. The molecule has 1 aromatic rings. The highest BCUT2D eigenvalue weighted by Gasteiger charge is 2.33. The largest absolute Gasteiger partial charge is 0.496 e. The van der Waals surface area contributed by atoms with E-state index in [-0.39, 0.29) is 12.0 Å². The number of hydrogen-bond acceptors (Lipinski definition) is 4. The van der Waals surface area contributed by atoms with Gasteiger partial charge in [-0.2, -0.15) is 0 Å². The smallest absolute Gasteiger partial charge is 0.225 e. The van der Waals surface area contributed by atoms with Crippen molar-refractivity contribution < 1.29 is 14.3 Å². The van der Waals surface area contributed by atoms with Crippen LogP contribution < -0.4 is 10.5 Å². The number of ether oxygens (including phenoxy) is 2. The van der Waals surface area contributed by atoms with E-state index in [2.05, 4.69) is 0 Å². The van der Waals surface area contributed by atoms with Crippen LogP contribution in [-0.4, -0.2) is 43.7 Å². The van der Waals surface area contributed by atoms with Crippen molar-refractivity contribution in [3.8, 4) is 5.75 Å². The quantitative estimate of drug-likeness (QED) is 0.789. The molecule has 1 aliphatic rings. The first-order valence-corrected chi connectivity index (χ1v) is 7.33. The summed E-state index contributed by atoms with van der Waals surface area (Å²) in [5.41, 5.74) is 6.64. The van der Waals surface area contributed by atoms with Crippen molar-refractivity contribution in [1.29, 1.82) is 0 Å². The molecule has 0 saturated heterocycles. The molecule has 21 heavy (non-hydrogen) atoms. The highest BCUT2D eigenvalue weighted by Crippen LogP contribution is 2.31. The van der Waals surface area contributed by atoms with E-state index < -0.39 is 0 Å². The Morgan fingerprint density at radius 3 is 2.67 bits per heavy atom. The number of para-hydroxylation sites is 1. The van der Waals surface area contributed by atoms with Crippen molar-refractivity contribution in [2.45, 2.75) is 38.0 Å². The minimum absolute atomic E-state index is 0.0979. The summed E-state index contributed by atoms with van der Waals surface area (Å²) in [6.45, 7) is 0.934. The third-order valence-corrected chi connectivity index (χ3v) is 3.84. The third kappa shape index (κ3) is 4.19. The highest BCUT2D eigenvalue weighted by atomic mass is 16.5. The van der Waals surface area contributed by atoms with Gasteiger partial charge in [-0.15, -0.1) is 0 Å². The topological polar surface area (TPSA) is 64.8 Å². The van der Waals surface area contributed by atoms with E-state index in [1.165, 1.54) is 0 Å². The summed E-state index contributed by atoms with van der Waals surface area (Å²) in [6.07, 6.45) is 2.26. The number of benzene rings is 1. The molecule has 1 amide bonds. The Kier molecular flexibility index (Phi) is 5.59. The number of methoxy groups -OCH3 is 2. The van der Waals surface area contributed by atoms with E-state index in [4.69, 9.17) is 15.2 Å². The second-order valence-electron chi connectivity index (χ2n) is 5.36. The molecule has 1 saturated carbocycles. The van der Waals surface area contributed by atoms with Crippen LogP contribution in [0.25, 0.3) is 0 Å². The minimum Gasteiger partial charge on any atom is -0.496 e. The summed E-state index contributed by atoms with van der Waals surface area (Å²) < 4.78 is 10.6. The summed E-state index contributed by atoms with van der Waals surface area (Å²) in [5.74, 6) is 0.916.